The highest BCUT2D eigenvalue weighted by Crippen LogP contribution is 2.32. The molecule has 27 heavy (non-hydrogen) atoms. The van der Waals surface area contributed by atoms with Gasteiger partial charge in [-0.05, 0) is 35.4 Å². The van der Waals surface area contributed by atoms with Crippen LogP contribution in [0.3, 0.4) is 0 Å². The summed E-state index contributed by atoms with van der Waals surface area (Å²) in [6.45, 7) is 0.331. The highest BCUT2D eigenvalue weighted by atomic mass is 19.4. The maximum Gasteiger partial charge on any atom is 0.416 e. The minimum atomic E-state index is -4.62. The molecule has 0 atom stereocenters. The van der Waals surface area contributed by atoms with Crippen molar-refractivity contribution in [3.63, 3.8) is 0 Å². The molecular weight excluding hydrogens is 360 g/mol. The summed E-state index contributed by atoms with van der Waals surface area (Å²) >= 11 is 0. The van der Waals surface area contributed by atoms with E-state index in [4.69, 9.17) is 0 Å². The summed E-state index contributed by atoms with van der Waals surface area (Å²) in [5.74, 6) is -0.570. The molecule has 0 heterocycles. The molecule has 146 valence electrons. The van der Waals surface area contributed by atoms with E-state index in [0.717, 1.165) is 23.4 Å². The van der Waals surface area contributed by atoms with Crippen molar-refractivity contribution in [1.82, 2.24) is 10.6 Å². The number of nitrogens with zero attached hydrogens (tertiary/aromatic N) is 2. The van der Waals surface area contributed by atoms with Crippen LogP contribution in [0.25, 0.3) is 0 Å². The van der Waals surface area contributed by atoms with Crippen LogP contribution < -0.4 is 15.5 Å². The molecule has 2 rings (SSSR count). The number of aliphatic imine (C=N–C) groups is 1. The van der Waals surface area contributed by atoms with Crippen LogP contribution in [-0.4, -0.2) is 27.1 Å². The lowest BCUT2D eigenvalue weighted by atomic mass is 10.1. The zero-order valence-corrected chi connectivity index (χ0v) is 15.4. The highest BCUT2D eigenvalue weighted by Gasteiger charge is 2.33. The Kier molecular flexibility index (Phi) is 6.65. The van der Waals surface area contributed by atoms with Gasteiger partial charge in [0, 0.05) is 39.9 Å². The topological polar surface area (TPSA) is 39.7 Å². The molecule has 2 aromatic rings. The molecule has 0 aliphatic carbocycles. The van der Waals surface area contributed by atoms with Crippen LogP contribution >= 0.6 is 0 Å². The third-order valence-corrected chi connectivity index (χ3v) is 3.96. The maximum atomic E-state index is 13.2. The van der Waals surface area contributed by atoms with Crippen molar-refractivity contribution in [2.24, 2.45) is 4.99 Å². The fourth-order valence-electron chi connectivity index (χ4n) is 2.46. The molecule has 0 aliphatic rings. The van der Waals surface area contributed by atoms with Gasteiger partial charge in [-0.2, -0.15) is 13.2 Å². The van der Waals surface area contributed by atoms with Crippen molar-refractivity contribution < 1.29 is 17.6 Å². The third-order valence-electron chi connectivity index (χ3n) is 3.96. The van der Waals surface area contributed by atoms with E-state index >= 15 is 0 Å². The van der Waals surface area contributed by atoms with E-state index in [9.17, 15) is 17.6 Å². The molecule has 0 fully saturated rings. The first kappa shape index (κ1) is 20.5. The fraction of sp³-hybridized carbons (Fsp3) is 0.316. The van der Waals surface area contributed by atoms with E-state index in [1.54, 1.807) is 0 Å². The Hall–Kier alpha value is -2.77. The number of benzene rings is 2. The van der Waals surface area contributed by atoms with Crippen LogP contribution in [0.15, 0.2) is 47.5 Å². The van der Waals surface area contributed by atoms with Gasteiger partial charge < -0.3 is 15.5 Å². The number of hydrogen-bond acceptors (Lipinski definition) is 2. The van der Waals surface area contributed by atoms with Gasteiger partial charge in [-0.15, -0.1) is 0 Å². The second kappa shape index (κ2) is 8.75. The van der Waals surface area contributed by atoms with Crippen molar-refractivity contribution in [1.29, 1.82) is 0 Å². The predicted octanol–water partition coefficient (Wildman–Crippen LogP) is 3.78. The molecule has 2 aromatic carbocycles. The first-order valence-electron chi connectivity index (χ1n) is 8.27. The van der Waals surface area contributed by atoms with Gasteiger partial charge in [0.25, 0.3) is 0 Å². The predicted molar refractivity (Wildman–Crippen MR) is 99.2 cm³/mol. The van der Waals surface area contributed by atoms with Gasteiger partial charge in [-0.3, -0.25) is 4.99 Å². The van der Waals surface area contributed by atoms with Crippen LogP contribution in [0, 0.1) is 5.82 Å². The Morgan fingerprint density at radius 2 is 1.63 bits per heavy atom. The number of nitrogens with one attached hydrogen (secondary N) is 2. The number of hydrogen-bond donors (Lipinski definition) is 2. The van der Waals surface area contributed by atoms with Gasteiger partial charge in [0.2, 0.25) is 0 Å². The Bertz CT molecular complexity index is 783. The van der Waals surface area contributed by atoms with Crippen molar-refractivity contribution >= 4 is 11.6 Å². The standard InChI is InChI=1S/C19H22F4N4/c1-24-18(25-11-13-4-8-16(9-5-13)27(2)3)26-12-14-6-7-15(20)10-17(14)19(21,22)23/h4-10H,11-12H2,1-3H3,(H2,24,25,26). The van der Waals surface area contributed by atoms with E-state index in [1.807, 2.05) is 43.3 Å². The molecule has 0 amide bonds. The minimum Gasteiger partial charge on any atom is -0.378 e. The molecule has 0 bridgehead atoms. The molecule has 0 spiro atoms. The van der Waals surface area contributed by atoms with Crippen LogP contribution in [-0.2, 0) is 19.3 Å². The molecular formula is C19H22F4N4. The lowest BCUT2D eigenvalue weighted by Crippen LogP contribution is -2.36. The van der Waals surface area contributed by atoms with Crippen LogP contribution in [0.5, 0.6) is 0 Å². The lowest BCUT2D eigenvalue weighted by Gasteiger charge is -2.16. The average Bonchev–Trinajstić information content (AvgIpc) is 2.62. The molecule has 0 saturated carbocycles. The van der Waals surface area contributed by atoms with Gasteiger partial charge >= 0.3 is 6.18 Å². The highest BCUT2D eigenvalue weighted by molar-refractivity contribution is 5.79. The van der Waals surface area contributed by atoms with E-state index in [1.165, 1.54) is 7.05 Å². The van der Waals surface area contributed by atoms with E-state index in [-0.39, 0.29) is 12.1 Å². The maximum absolute atomic E-state index is 13.2. The average molecular weight is 382 g/mol. The summed E-state index contributed by atoms with van der Waals surface area (Å²) in [5.41, 5.74) is 1.02. The summed E-state index contributed by atoms with van der Waals surface area (Å²) in [5, 5.41) is 5.87. The van der Waals surface area contributed by atoms with Gasteiger partial charge in [-0.25, -0.2) is 4.39 Å². The van der Waals surface area contributed by atoms with Gasteiger partial charge in [0.05, 0.1) is 5.56 Å². The van der Waals surface area contributed by atoms with Crippen molar-refractivity contribution in [3.8, 4) is 0 Å². The number of halogens is 4. The van der Waals surface area contributed by atoms with Crippen molar-refractivity contribution in [2.75, 3.05) is 26.0 Å². The number of guanidine groups is 1. The quantitative estimate of drug-likeness (QED) is 0.470. The molecule has 0 radical (unpaired) electrons. The van der Waals surface area contributed by atoms with Gasteiger partial charge in [0.15, 0.2) is 5.96 Å². The first-order valence-corrected chi connectivity index (χ1v) is 8.27. The van der Waals surface area contributed by atoms with Crippen LogP contribution in [0.1, 0.15) is 16.7 Å². The monoisotopic (exact) mass is 382 g/mol. The Morgan fingerprint density at radius 3 is 2.19 bits per heavy atom. The molecule has 0 aliphatic heterocycles. The number of anilines is 1. The van der Waals surface area contributed by atoms with E-state index < -0.39 is 17.6 Å². The summed E-state index contributed by atoms with van der Waals surface area (Å²) in [4.78, 5) is 5.99. The third kappa shape index (κ3) is 5.87. The normalized spacial score (nSPS) is 12.0. The summed E-state index contributed by atoms with van der Waals surface area (Å²) in [6, 6.07) is 10.5. The summed E-state index contributed by atoms with van der Waals surface area (Å²) in [6.07, 6.45) is -4.62. The Balaban J connectivity index is 1.98. The van der Waals surface area contributed by atoms with Crippen LogP contribution in [0.4, 0.5) is 23.2 Å². The number of alkyl halides is 3. The molecule has 8 heteroatoms. The fourth-order valence-corrected chi connectivity index (χ4v) is 2.46. The second-order valence-electron chi connectivity index (χ2n) is 6.14. The second-order valence-corrected chi connectivity index (χ2v) is 6.14. The zero-order valence-electron chi connectivity index (χ0n) is 15.4. The van der Waals surface area contributed by atoms with Crippen LogP contribution in [0.2, 0.25) is 0 Å². The summed E-state index contributed by atoms with van der Waals surface area (Å²) < 4.78 is 52.3. The van der Waals surface area contributed by atoms with Crippen molar-refractivity contribution in [2.45, 2.75) is 19.3 Å². The minimum absolute atomic E-state index is 0.0535. The Morgan fingerprint density at radius 1 is 1.00 bits per heavy atom. The molecule has 0 saturated heterocycles. The smallest absolute Gasteiger partial charge is 0.378 e. The molecule has 4 nitrogen and oxygen atoms in total. The SMILES string of the molecule is CN=C(NCc1ccc(N(C)C)cc1)NCc1ccc(F)cc1C(F)(F)F. The van der Waals surface area contributed by atoms with Gasteiger partial charge in [0.1, 0.15) is 5.82 Å². The largest absolute Gasteiger partial charge is 0.416 e. The Labute approximate surface area is 155 Å². The number of rotatable bonds is 5. The van der Waals surface area contributed by atoms with Crippen molar-refractivity contribution in [3.05, 3.63) is 65.0 Å². The van der Waals surface area contributed by atoms with E-state index in [0.29, 0.717) is 18.6 Å². The molecule has 0 unspecified atom stereocenters. The zero-order chi connectivity index (χ0) is 20.0. The molecule has 0 aromatic heterocycles. The van der Waals surface area contributed by atoms with Gasteiger partial charge in [-0.1, -0.05) is 18.2 Å². The summed E-state index contributed by atoms with van der Waals surface area (Å²) in [7, 11) is 5.42. The van der Waals surface area contributed by atoms with E-state index in [2.05, 4.69) is 15.6 Å². The first-order chi connectivity index (χ1) is 12.7. The lowest BCUT2D eigenvalue weighted by molar-refractivity contribution is -0.138. The molecule has 2 N–H and O–H groups in total.